The van der Waals surface area contributed by atoms with E-state index in [1.54, 1.807) is 0 Å². The normalized spacial score (nSPS) is 7.00. The molecule has 20 heavy (non-hydrogen) atoms. The molecule has 0 aliphatic heterocycles. The average molecular weight is 415 g/mol. The maximum absolute atomic E-state index is 8.34. The molecule has 0 bridgehead atoms. The van der Waals surface area contributed by atoms with Crippen LogP contribution < -0.4 is 0 Å². The van der Waals surface area contributed by atoms with E-state index in [0.29, 0.717) is 31.1 Å². The molecule has 4 radical (unpaired) electrons. The number of aliphatic hydroxyl groups is 2. The smallest absolute Gasteiger partial charge is 0 e. The molecule has 112 valence electrons. The SMILES string of the molecule is Cl.Cl.OCCCO.[CH3-].[O]=[Zr+2].[Si].c1ccc2[cH-]ccc2c1. The van der Waals surface area contributed by atoms with Crippen molar-refractivity contribution in [3.63, 3.8) is 0 Å². The Balaban J connectivity index is -0.0000000616. The molecule has 0 amide bonds. The first kappa shape index (κ1) is 32.3. The van der Waals surface area contributed by atoms with Gasteiger partial charge >= 0.3 is 27.5 Å². The van der Waals surface area contributed by atoms with E-state index < -0.39 is 0 Å². The van der Waals surface area contributed by atoms with Gasteiger partial charge in [0, 0.05) is 24.2 Å². The fourth-order valence-electron chi connectivity index (χ4n) is 1.14. The largest absolute Gasteiger partial charge is 0.168 e. The third-order valence-electron chi connectivity index (χ3n) is 1.86. The summed E-state index contributed by atoms with van der Waals surface area (Å²) in [6, 6.07) is 14.7. The number of fused-ring (bicyclic) bond motifs is 1. The first-order valence-corrected chi connectivity index (χ1v) is 5.91. The Morgan fingerprint density at radius 2 is 1.50 bits per heavy atom. The third kappa shape index (κ3) is 14.6. The third-order valence-corrected chi connectivity index (χ3v) is 1.86. The summed E-state index contributed by atoms with van der Waals surface area (Å²) < 4.78 is 8.34. The maximum Gasteiger partial charge on any atom is 0 e. The van der Waals surface area contributed by atoms with Gasteiger partial charge in [-0.05, 0) is 6.42 Å². The molecule has 2 rings (SSSR count). The van der Waals surface area contributed by atoms with Gasteiger partial charge in [0.1, 0.15) is 0 Å². The van der Waals surface area contributed by atoms with Gasteiger partial charge in [-0.1, -0.05) is 6.07 Å². The summed E-state index contributed by atoms with van der Waals surface area (Å²) in [6.45, 7) is 0.188. The van der Waals surface area contributed by atoms with Crippen LogP contribution in [0.4, 0.5) is 0 Å². The molecule has 2 aromatic rings. The Morgan fingerprint density at radius 3 is 1.90 bits per heavy atom. The second-order valence-corrected chi connectivity index (χ2v) is 2.96. The summed E-state index contributed by atoms with van der Waals surface area (Å²) in [7, 11) is 0. The zero-order valence-corrected chi connectivity index (χ0v) is 16.4. The van der Waals surface area contributed by atoms with Gasteiger partial charge in [-0.15, -0.1) is 54.5 Å². The van der Waals surface area contributed by atoms with Crippen molar-refractivity contribution in [2.45, 2.75) is 6.42 Å². The van der Waals surface area contributed by atoms with Gasteiger partial charge in [0.15, 0.2) is 0 Å². The molecule has 0 atom stereocenters. The van der Waals surface area contributed by atoms with E-state index in [1.165, 1.54) is 10.8 Å². The molecule has 0 heterocycles. The summed E-state index contributed by atoms with van der Waals surface area (Å²) in [5.41, 5.74) is 0. The molecule has 0 saturated carbocycles. The molecule has 0 aliphatic rings. The number of aliphatic hydroxyl groups excluding tert-OH is 2. The summed E-state index contributed by atoms with van der Waals surface area (Å²) in [5.74, 6) is 0. The zero-order chi connectivity index (χ0) is 12.2. The van der Waals surface area contributed by atoms with Crippen molar-refractivity contribution in [2.75, 3.05) is 13.2 Å². The van der Waals surface area contributed by atoms with E-state index in [-0.39, 0.29) is 56.4 Å². The molecule has 3 nitrogen and oxygen atoms in total. The molecule has 0 unspecified atom stereocenters. The van der Waals surface area contributed by atoms with Gasteiger partial charge in [0.05, 0.1) is 0 Å². The van der Waals surface area contributed by atoms with Crippen LogP contribution in [0.15, 0.2) is 42.5 Å². The Kier molecular flexibility index (Phi) is 39.1. The number of hydrogen-bond acceptors (Lipinski definition) is 3. The number of hydrogen-bond donors (Lipinski definition) is 2. The number of benzene rings is 1. The van der Waals surface area contributed by atoms with E-state index in [1.807, 2.05) is 0 Å². The Labute approximate surface area is 153 Å². The molecule has 0 aromatic heterocycles. The molecular formula is C13H20Cl2O3SiZr. The second kappa shape index (κ2) is 24.3. The fraction of sp³-hybridized carbons (Fsp3) is 0.231. The van der Waals surface area contributed by atoms with Crippen LogP contribution in [0.1, 0.15) is 6.42 Å². The van der Waals surface area contributed by atoms with Gasteiger partial charge in [0.25, 0.3) is 0 Å². The van der Waals surface area contributed by atoms with Crippen LogP contribution in [0, 0.1) is 7.43 Å². The first-order chi connectivity index (χ1) is 7.88. The van der Waals surface area contributed by atoms with Gasteiger partial charge in [0.2, 0.25) is 0 Å². The molecule has 0 aliphatic carbocycles. The van der Waals surface area contributed by atoms with Gasteiger partial charge < -0.3 is 17.6 Å². The summed E-state index contributed by atoms with van der Waals surface area (Å²) in [5, 5.41) is 18.5. The molecular weight excluding hydrogens is 394 g/mol. The van der Waals surface area contributed by atoms with Crippen LogP contribution in [-0.4, -0.2) is 34.4 Å². The van der Waals surface area contributed by atoms with Crippen molar-refractivity contribution in [2.24, 2.45) is 0 Å². The van der Waals surface area contributed by atoms with Crippen LogP contribution in [0.2, 0.25) is 0 Å². The molecule has 2 aromatic carbocycles. The second-order valence-electron chi connectivity index (χ2n) is 2.96. The van der Waals surface area contributed by atoms with Crippen LogP contribution in [0.5, 0.6) is 0 Å². The predicted molar refractivity (Wildman–Crippen MR) is 85.7 cm³/mol. The van der Waals surface area contributed by atoms with Crippen LogP contribution in [-0.2, 0) is 27.5 Å². The van der Waals surface area contributed by atoms with Crippen molar-refractivity contribution in [1.29, 1.82) is 0 Å². The van der Waals surface area contributed by atoms with Crippen molar-refractivity contribution < 1.29 is 37.7 Å². The van der Waals surface area contributed by atoms with Crippen molar-refractivity contribution in [3.05, 3.63) is 49.9 Å². The quantitative estimate of drug-likeness (QED) is 0.587. The summed E-state index contributed by atoms with van der Waals surface area (Å²) in [6.07, 6.45) is 0.500. The minimum atomic E-state index is 0. The van der Waals surface area contributed by atoms with Crippen LogP contribution >= 0.6 is 24.8 Å². The van der Waals surface area contributed by atoms with Gasteiger partial charge in [-0.2, -0.15) is 17.5 Å². The van der Waals surface area contributed by atoms with Crippen molar-refractivity contribution >= 4 is 46.6 Å². The molecule has 2 N–H and O–H groups in total. The molecule has 0 spiro atoms. The van der Waals surface area contributed by atoms with Gasteiger partial charge in [-0.3, -0.25) is 0 Å². The van der Waals surface area contributed by atoms with Crippen molar-refractivity contribution in [1.82, 2.24) is 0 Å². The summed E-state index contributed by atoms with van der Waals surface area (Å²) in [4.78, 5) is 0. The van der Waals surface area contributed by atoms with E-state index in [4.69, 9.17) is 13.0 Å². The van der Waals surface area contributed by atoms with E-state index in [2.05, 4.69) is 42.5 Å². The Hall–Kier alpha value is 0.230. The summed E-state index contributed by atoms with van der Waals surface area (Å²) >= 11 is 0.300. The molecule has 7 heteroatoms. The van der Waals surface area contributed by atoms with Crippen molar-refractivity contribution in [3.8, 4) is 0 Å². The van der Waals surface area contributed by atoms with Crippen LogP contribution in [0.3, 0.4) is 0 Å². The van der Waals surface area contributed by atoms with Crippen LogP contribution in [0.25, 0.3) is 10.8 Å². The molecule has 0 fully saturated rings. The zero-order valence-electron chi connectivity index (χ0n) is 11.3. The predicted octanol–water partition coefficient (Wildman–Crippen LogP) is 2.71. The maximum atomic E-state index is 8.34. The van der Waals surface area contributed by atoms with E-state index in [9.17, 15) is 0 Å². The minimum absolute atomic E-state index is 0. The minimum Gasteiger partial charge on any atom is -0.168 e. The Morgan fingerprint density at radius 1 is 1.00 bits per heavy atom. The Bertz CT molecular complexity index is 356. The average Bonchev–Trinajstić information content (AvgIpc) is 2.81. The fourth-order valence-corrected chi connectivity index (χ4v) is 1.14. The van der Waals surface area contributed by atoms with Gasteiger partial charge in [-0.25, -0.2) is 0 Å². The standard InChI is InChI=1S/C9H7.C3H8O2.CH3.2ClH.O.Si.Zr/c1-2-5-9-7-3-6-8(9)4-1;4-2-1-3-5;;;;;;/h1-7H;4-5H,1-3H2;1H3;2*1H;;;/q-1;;-1;;;;;+2. The number of rotatable bonds is 2. The topological polar surface area (TPSA) is 57.5 Å². The molecule has 0 saturated heterocycles. The first-order valence-electron chi connectivity index (χ1n) is 4.91. The number of halogens is 2. The van der Waals surface area contributed by atoms with E-state index in [0.717, 1.165) is 0 Å². The monoisotopic (exact) mass is 412 g/mol. The van der Waals surface area contributed by atoms with E-state index >= 15 is 0 Å².